The SMILES string of the molecule is O=S(=O)(c1c(O)cccc1OCCCCCl)C(F)(F)F. The van der Waals surface area contributed by atoms with Crippen LogP contribution in [0.4, 0.5) is 13.2 Å². The summed E-state index contributed by atoms with van der Waals surface area (Å²) < 4.78 is 65.4. The topological polar surface area (TPSA) is 63.6 Å². The maximum absolute atomic E-state index is 12.5. The van der Waals surface area contributed by atoms with Crippen molar-refractivity contribution in [1.29, 1.82) is 0 Å². The maximum atomic E-state index is 12.5. The molecule has 0 unspecified atom stereocenters. The van der Waals surface area contributed by atoms with Crippen molar-refractivity contribution in [1.82, 2.24) is 0 Å². The summed E-state index contributed by atoms with van der Waals surface area (Å²) in [6, 6.07) is 3.10. The zero-order valence-corrected chi connectivity index (χ0v) is 11.7. The van der Waals surface area contributed by atoms with E-state index in [1.54, 1.807) is 0 Å². The number of sulfone groups is 1. The van der Waals surface area contributed by atoms with Crippen molar-refractivity contribution in [2.45, 2.75) is 23.2 Å². The van der Waals surface area contributed by atoms with Crippen LogP contribution in [0.5, 0.6) is 11.5 Å². The molecule has 1 N–H and O–H groups in total. The Bertz CT molecular complexity index is 557. The van der Waals surface area contributed by atoms with Crippen molar-refractivity contribution < 1.29 is 31.4 Å². The Hall–Kier alpha value is -1.15. The number of unbranched alkanes of at least 4 members (excludes halogenated alkanes) is 1. The predicted octanol–water partition coefficient (Wildman–Crippen LogP) is 3.08. The maximum Gasteiger partial charge on any atom is 0.502 e. The fraction of sp³-hybridized carbons (Fsp3) is 0.455. The second-order valence-electron chi connectivity index (χ2n) is 3.80. The summed E-state index contributed by atoms with van der Waals surface area (Å²) >= 11 is 5.43. The molecule has 20 heavy (non-hydrogen) atoms. The highest BCUT2D eigenvalue weighted by atomic mass is 35.5. The zero-order chi connectivity index (χ0) is 15.4. The molecule has 0 spiro atoms. The zero-order valence-electron chi connectivity index (χ0n) is 10.2. The van der Waals surface area contributed by atoms with E-state index in [-0.39, 0.29) is 6.61 Å². The average molecular weight is 333 g/mol. The van der Waals surface area contributed by atoms with Gasteiger partial charge in [0.05, 0.1) is 6.61 Å². The van der Waals surface area contributed by atoms with E-state index in [4.69, 9.17) is 16.3 Å². The summed E-state index contributed by atoms with van der Waals surface area (Å²) in [4.78, 5) is -1.27. The molecule has 1 aromatic rings. The number of phenolic OH excluding ortho intramolecular Hbond substituents is 1. The van der Waals surface area contributed by atoms with E-state index in [2.05, 4.69) is 0 Å². The van der Waals surface area contributed by atoms with E-state index < -0.39 is 31.7 Å². The number of aromatic hydroxyl groups is 1. The number of phenols is 1. The van der Waals surface area contributed by atoms with Crippen LogP contribution in [0.2, 0.25) is 0 Å². The quantitative estimate of drug-likeness (QED) is 0.642. The first-order valence-corrected chi connectivity index (χ1v) is 7.55. The van der Waals surface area contributed by atoms with Gasteiger partial charge in [-0.25, -0.2) is 8.42 Å². The van der Waals surface area contributed by atoms with Gasteiger partial charge in [-0.3, -0.25) is 0 Å². The Morgan fingerprint density at radius 2 is 1.90 bits per heavy atom. The van der Waals surface area contributed by atoms with Gasteiger partial charge in [-0.2, -0.15) is 13.2 Å². The van der Waals surface area contributed by atoms with Gasteiger partial charge in [0.2, 0.25) is 0 Å². The molecule has 1 aromatic carbocycles. The minimum Gasteiger partial charge on any atom is -0.506 e. The Morgan fingerprint density at radius 3 is 2.45 bits per heavy atom. The van der Waals surface area contributed by atoms with Gasteiger partial charge in [0.1, 0.15) is 11.5 Å². The lowest BCUT2D eigenvalue weighted by Gasteiger charge is -2.14. The number of hydrogen-bond donors (Lipinski definition) is 1. The van der Waals surface area contributed by atoms with Gasteiger partial charge in [0, 0.05) is 5.88 Å². The first kappa shape index (κ1) is 16.9. The molecule has 0 aliphatic heterocycles. The molecule has 0 aromatic heterocycles. The fourth-order valence-corrected chi connectivity index (χ4v) is 2.54. The molecule has 0 fully saturated rings. The van der Waals surface area contributed by atoms with Crippen LogP contribution < -0.4 is 4.74 Å². The third-order valence-electron chi connectivity index (χ3n) is 2.32. The highest BCUT2D eigenvalue weighted by Crippen LogP contribution is 2.40. The Balaban J connectivity index is 3.13. The van der Waals surface area contributed by atoms with Crippen LogP contribution in [-0.4, -0.2) is 31.5 Å². The lowest BCUT2D eigenvalue weighted by Crippen LogP contribution is -2.24. The first-order chi connectivity index (χ1) is 9.21. The van der Waals surface area contributed by atoms with Gasteiger partial charge in [0.25, 0.3) is 9.84 Å². The smallest absolute Gasteiger partial charge is 0.502 e. The van der Waals surface area contributed by atoms with Crippen LogP contribution in [0.1, 0.15) is 12.8 Å². The van der Waals surface area contributed by atoms with Crippen molar-refractivity contribution in [2.75, 3.05) is 12.5 Å². The van der Waals surface area contributed by atoms with Gasteiger partial charge in [0.15, 0.2) is 4.90 Å². The average Bonchev–Trinajstić information content (AvgIpc) is 2.33. The lowest BCUT2D eigenvalue weighted by atomic mass is 10.3. The van der Waals surface area contributed by atoms with Crippen LogP contribution in [0.25, 0.3) is 0 Å². The molecule has 0 amide bonds. The molecule has 0 aliphatic rings. The van der Waals surface area contributed by atoms with Gasteiger partial charge in [-0.15, -0.1) is 11.6 Å². The van der Waals surface area contributed by atoms with E-state index in [1.807, 2.05) is 0 Å². The van der Waals surface area contributed by atoms with E-state index in [1.165, 1.54) is 6.07 Å². The highest BCUT2D eigenvalue weighted by Gasteiger charge is 2.49. The Kier molecular flexibility index (Phi) is 5.52. The van der Waals surface area contributed by atoms with Crippen LogP contribution >= 0.6 is 11.6 Å². The molecule has 9 heteroatoms. The van der Waals surface area contributed by atoms with Crippen LogP contribution in [0, 0.1) is 0 Å². The molecule has 0 atom stereocenters. The molecular weight excluding hydrogens is 321 g/mol. The summed E-state index contributed by atoms with van der Waals surface area (Å²) in [5.41, 5.74) is -5.51. The van der Waals surface area contributed by atoms with Crippen LogP contribution in [0.15, 0.2) is 23.1 Å². The molecular formula is C11H12ClF3O4S. The minimum absolute atomic E-state index is 0.00342. The molecule has 0 saturated carbocycles. The number of benzene rings is 1. The largest absolute Gasteiger partial charge is 0.506 e. The summed E-state index contributed by atoms with van der Waals surface area (Å²) in [5, 5.41) is 9.41. The third kappa shape index (κ3) is 3.69. The van der Waals surface area contributed by atoms with E-state index >= 15 is 0 Å². The molecule has 0 radical (unpaired) electrons. The second-order valence-corrected chi connectivity index (χ2v) is 6.05. The van der Waals surface area contributed by atoms with Crippen molar-refractivity contribution >= 4 is 21.4 Å². The number of alkyl halides is 4. The highest BCUT2D eigenvalue weighted by molar-refractivity contribution is 7.92. The predicted molar refractivity (Wildman–Crippen MR) is 66.8 cm³/mol. The number of ether oxygens (including phenoxy) is 1. The van der Waals surface area contributed by atoms with Gasteiger partial charge >= 0.3 is 5.51 Å². The summed E-state index contributed by atoms with van der Waals surface area (Å²) in [6.07, 6.45) is 1.02. The molecule has 4 nitrogen and oxygen atoms in total. The summed E-state index contributed by atoms with van der Waals surface area (Å²) in [7, 11) is -5.68. The number of halogens is 4. The summed E-state index contributed by atoms with van der Waals surface area (Å²) in [6.45, 7) is -0.00342. The second kappa shape index (κ2) is 6.53. The molecule has 0 saturated heterocycles. The molecule has 0 aliphatic carbocycles. The van der Waals surface area contributed by atoms with Crippen molar-refractivity contribution in [3.63, 3.8) is 0 Å². The Labute approximate surface area is 119 Å². The normalized spacial score (nSPS) is 12.4. The Morgan fingerprint density at radius 1 is 1.25 bits per heavy atom. The monoisotopic (exact) mass is 332 g/mol. The molecule has 0 heterocycles. The molecule has 1 rings (SSSR count). The van der Waals surface area contributed by atoms with Gasteiger partial charge in [-0.05, 0) is 25.0 Å². The van der Waals surface area contributed by atoms with Crippen molar-refractivity contribution in [3.8, 4) is 11.5 Å². The third-order valence-corrected chi connectivity index (χ3v) is 4.14. The van der Waals surface area contributed by atoms with E-state index in [9.17, 15) is 26.7 Å². The fourth-order valence-electron chi connectivity index (χ4n) is 1.38. The standard InChI is InChI=1S/C11H12ClF3O4S/c12-6-1-2-7-19-9-5-3-4-8(16)10(9)20(17,18)11(13,14)15/h3-5,16H,1-2,6-7H2. The lowest BCUT2D eigenvalue weighted by molar-refractivity contribution is -0.0438. The van der Waals surface area contributed by atoms with Gasteiger partial charge < -0.3 is 9.84 Å². The molecule has 114 valence electrons. The number of hydrogen-bond acceptors (Lipinski definition) is 4. The first-order valence-electron chi connectivity index (χ1n) is 5.54. The van der Waals surface area contributed by atoms with E-state index in [0.717, 1.165) is 12.1 Å². The van der Waals surface area contributed by atoms with Crippen molar-refractivity contribution in [3.05, 3.63) is 18.2 Å². The van der Waals surface area contributed by atoms with Crippen LogP contribution in [-0.2, 0) is 9.84 Å². The van der Waals surface area contributed by atoms with Crippen molar-refractivity contribution in [2.24, 2.45) is 0 Å². The van der Waals surface area contributed by atoms with Gasteiger partial charge in [-0.1, -0.05) is 6.07 Å². The summed E-state index contributed by atoms with van der Waals surface area (Å²) in [5.74, 6) is -1.18. The number of rotatable bonds is 6. The van der Waals surface area contributed by atoms with Crippen LogP contribution in [0.3, 0.4) is 0 Å². The minimum atomic E-state index is -5.68. The van der Waals surface area contributed by atoms with E-state index in [0.29, 0.717) is 18.7 Å². The molecule has 0 bridgehead atoms.